The molecule has 0 saturated heterocycles. The summed E-state index contributed by atoms with van der Waals surface area (Å²) in [4.78, 5) is 23.4. The number of rotatable bonds is 71. The second kappa shape index (κ2) is 67.1. The Bertz CT molecular complexity index is 1480. The lowest BCUT2D eigenvalue weighted by molar-refractivity contribution is -0.870. The van der Waals surface area contributed by atoms with Crippen molar-refractivity contribution in [1.29, 1.82) is 0 Å². The van der Waals surface area contributed by atoms with Crippen LogP contribution in [0.2, 0.25) is 0 Å². The number of hydrogen-bond acceptors (Lipinski definition) is 5. The van der Waals surface area contributed by atoms with Crippen molar-refractivity contribution < 1.29 is 32.9 Å². The highest BCUT2D eigenvalue weighted by Crippen LogP contribution is 2.43. The number of unbranched alkanes of at least 4 members (excludes halogenated alkanes) is 54. The molecule has 3 unspecified atom stereocenters. The lowest BCUT2D eigenvalue weighted by atomic mass is 10.0. The molecule has 3 N–H and O–H groups in total. The molecular formula is C76H150N2O6P+. The Morgan fingerprint density at radius 1 is 0.388 bits per heavy atom. The zero-order valence-electron chi connectivity index (χ0n) is 57.9. The summed E-state index contributed by atoms with van der Waals surface area (Å²) in [6, 6.07) is -0.870. The predicted octanol–water partition coefficient (Wildman–Crippen LogP) is 24.4. The molecule has 85 heavy (non-hydrogen) atoms. The normalized spacial score (nSPS) is 13.7. The first-order valence-corrected chi connectivity index (χ1v) is 39.4. The van der Waals surface area contributed by atoms with E-state index in [1.807, 2.05) is 27.2 Å². The van der Waals surface area contributed by atoms with Crippen molar-refractivity contribution in [3.05, 3.63) is 36.5 Å². The van der Waals surface area contributed by atoms with E-state index in [1.54, 1.807) is 6.08 Å². The Balaban J connectivity index is 3.98. The van der Waals surface area contributed by atoms with Crippen molar-refractivity contribution in [3.63, 3.8) is 0 Å². The molecule has 0 aliphatic heterocycles. The largest absolute Gasteiger partial charge is 0.472 e. The molecule has 0 saturated carbocycles. The van der Waals surface area contributed by atoms with Crippen molar-refractivity contribution >= 4 is 13.7 Å². The number of aliphatic hydroxyl groups is 1. The summed E-state index contributed by atoms with van der Waals surface area (Å²) in [5.41, 5.74) is 0. The average Bonchev–Trinajstić information content (AvgIpc) is 3.49. The van der Waals surface area contributed by atoms with E-state index in [-0.39, 0.29) is 19.1 Å². The van der Waals surface area contributed by atoms with Crippen LogP contribution < -0.4 is 5.32 Å². The first-order valence-electron chi connectivity index (χ1n) is 37.9. The standard InChI is InChI=1S/C76H149N2O6P/c1-6-8-10-12-14-16-18-20-22-24-26-28-30-32-33-34-35-36-37-38-39-40-41-42-43-44-46-48-50-52-54-56-58-60-62-64-66-68-70-76(80)77-74(73-84-85(81,82)83-72-71-78(3,4)5)75(79)69-67-65-63-61-59-57-55-53-51-49-47-45-31-29-27-25-23-21-19-17-15-13-11-9-7-2/h51,53,59,61,67,69,74-75,79H,6-50,52,54-58,60,62-66,68,70-73H2,1-5H3,(H-,77,80,81,82)/p+1/b53-51+,61-59+,69-67+. The van der Waals surface area contributed by atoms with Crippen LogP contribution >= 0.6 is 7.82 Å². The van der Waals surface area contributed by atoms with Gasteiger partial charge in [0, 0.05) is 6.42 Å². The van der Waals surface area contributed by atoms with Crippen molar-refractivity contribution in [1.82, 2.24) is 5.32 Å². The van der Waals surface area contributed by atoms with Crippen LogP contribution in [-0.2, 0) is 18.4 Å². The quantitative estimate of drug-likeness (QED) is 0.0243. The zero-order chi connectivity index (χ0) is 61.9. The summed E-state index contributed by atoms with van der Waals surface area (Å²) in [7, 11) is 1.56. The van der Waals surface area contributed by atoms with Crippen LogP contribution in [0, 0.1) is 0 Å². The van der Waals surface area contributed by atoms with Crippen molar-refractivity contribution in [2.45, 2.75) is 405 Å². The predicted molar refractivity (Wildman–Crippen MR) is 374 cm³/mol. The average molecular weight is 1220 g/mol. The second-order valence-corrected chi connectivity index (χ2v) is 28.8. The molecular weight excluding hydrogens is 1070 g/mol. The fourth-order valence-electron chi connectivity index (χ4n) is 11.7. The van der Waals surface area contributed by atoms with E-state index in [2.05, 4.69) is 43.5 Å². The molecule has 1 amide bonds. The van der Waals surface area contributed by atoms with Crippen LogP contribution in [0.3, 0.4) is 0 Å². The number of carbonyl (C=O) groups is 1. The summed E-state index contributed by atoms with van der Waals surface area (Å²) in [5, 5.41) is 14.0. The topological polar surface area (TPSA) is 105 Å². The molecule has 0 aliphatic rings. The van der Waals surface area contributed by atoms with E-state index in [0.29, 0.717) is 17.4 Å². The number of allylic oxidation sites excluding steroid dienone is 5. The van der Waals surface area contributed by atoms with Crippen molar-refractivity contribution in [2.75, 3.05) is 40.9 Å². The molecule has 0 radical (unpaired) electrons. The highest BCUT2D eigenvalue weighted by atomic mass is 31.2. The maximum Gasteiger partial charge on any atom is 0.472 e. The number of carbonyl (C=O) groups excluding carboxylic acids is 1. The SMILES string of the molecule is CCCCCCCCCCCCCCCCC/C=C/CC/C=C/CC/C=C/C(O)C(COP(=O)(O)OCC[N+](C)(C)C)NC(=O)CCCCCCCCCCCCCCCCCCCCCCCCCCCCCCCCCCCCCCCC. The molecule has 0 aromatic carbocycles. The molecule has 9 heteroatoms. The Hall–Kier alpha value is -1.28. The van der Waals surface area contributed by atoms with Crippen molar-refractivity contribution in [3.8, 4) is 0 Å². The molecule has 3 atom stereocenters. The van der Waals surface area contributed by atoms with E-state index in [1.165, 1.54) is 327 Å². The molecule has 0 aromatic heterocycles. The van der Waals surface area contributed by atoms with E-state index >= 15 is 0 Å². The lowest BCUT2D eigenvalue weighted by Crippen LogP contribution is -2.45. The minimum atomic E-state index is -4.37. The summed E-state index contributed by atoms with van der Waals surface area (Å²) < 4.78 is 23.8. The van der Waals surface area contributed by atoms with E-state index in [0.717, 1.165) is 44.9 Å². The van der Waals surface area contributed by atoms with Gasteiger partial charge in [-0.1, -0.05) is 378 Å². The van der Waals surface area contributed by atoms with E-state index in [9.17, 15) is 19.4 Å². The van der Waals surface area contributed by atoms with Crippen LogP contribution in [0.15, 0.2) is 36.5 Å². The number of phosphoric ester groups is 1. The van der Waals surface area contributed by atoms with Gasteiger partial charge in [0.25, 0.3) is 0 Å². The van der Waals surface area contributed by atoms with Crippen LogP contribution in [-0.4, -0.2) is 73.4 Å². The van der Waals surface area contributed by atoms with Gasteiger partial charge < -0.3 is 19.8 Å². The third-order valence-electron chi connectivity index (χ3n) is 17.6. The highest BCUT2D eigenvalue weighted by molar-refractivity contribution is 7.47. The van der Waals surface area contributed by atoms with Gasteiger partial charge in [-0.15, -0.1) is 0 Å². The summed E-state index contributed by atoms with van der Waals surface area (Å²) >= 11 is 0. The molecule has 0 fully saturated rings. The van der Waals surface area contributed by atoms with Crippen molar-refractivity contribution in [2.24, 2.45) is 0 Å². The fourth-order valence-corrected chi connectivity index (χ4v) is 12.5. The minimum absolute atomic E-state index is 0.0555. The number of phosphoric acid groups is 1. The summed E-state index contributed by atoms with van der Waals surface area (Å²) in [6.45, 7) is 4.85. The molecule has 0 rings (SSSR count). The number of hydrogen-bond donors (Lipinski definition) is 3. The number of quaternary nitrogens is 1. The monoisotopic (exact) mass is 1220 g/mol. The summed E-state index contributed by atoms with van der Waals surface area (Å²) in [5.74, 6) is -0.182. The number of amides is 1. The highest BCUT2D eigenvalue weighted by Gasteiger charge is 2.28. The molecule has 0 bridgehead atoms. The molecule has 8 nitrogen and oxygen atoms in total. The first-order chi connectivity index (χ1) is 41.5. The van der Waals surface area contributed by atoms with Gasteiger partial charge in [0.15, 0.2) is 0 Å². The van der Waals surface area contributed by atoms with Gasteiger partial charge in [-0.2, -0.15) is 0 Å². The van der Waals surface area contributed by atoms with Crippen LogP contribution in [0.25, 0.3) is 0 Å². The molecule has 0 spiro atoms. The second-order valence-electron chi connectivity index (χ2n) is 27.4. The molecule has 0 aliphatic carbocycles. The number of nitrogens with one attached hydrogen (secondary N) is 1. The van der Waals surface area contributed by atoms with Gasteiger partial charge in [0.2, 0.25) is 5.91 Å². The Morgan fingerprint density at radius 3 is 0.941 bits per heavy atom. The van der Waals surface area contributed by atoms with E-state index < -0.39 is 20.0 Å². The lowest BCUT2D eigenvalue weighted by Gasteiger charge is -2.25. The van der Waals surface area contributed by atoms with Crippen LogP contribution in [0.4, 0.5) is 0 Å². The Morgan fingerprint density at radius 2 is 0.647 bits per heavy atom. The van der Waals surface area contributed by atoms with Crippen LogP contribution in [0.5, 0.6) is 0 Å². The Labute approximate surface area is 531 Å². The molecule has 0 aromatic rings. The molecule has 504 valence electrons. The van der Waals surface area contributed by atoms with Gasteiger partial charge in [0.1, 0.15) is 13.2 Å². The number of aliphatic hydroxyl groups excluding tert-OH is 1. The number of likely N-dealkylation sites (N-methyl/N-ethyl adjacent to an activating group) is 1. The number of nitrogens with zero attached hydrogens (tertiary/aromatic N) is 1. The van der Waals surface area contributed by atoms with Gasteiger partial charge in [-0.05, 0) is 44.9 Å². The molecule has 0 heterocycles. The smallest absolute Gasteiger partial charge is 0.387 e. The summed E-state index contributed by atoms with van der Waals surface area (Å²) in [6.07, 6.45) is 90.5. The first kappa shape index (κ1) is 83.7. The maximum absolute atomic E-state index is 13.1. The van der Waals surface area contributed by atoms with Crippen LogP contribution in [0.1, 0.15) is 393 Å². The zero-order valence-corrected chi connectivity index (χ0v) is 58.8. The third-order valence-corrected chi connectivity index (χ3v) is 18.6. The maximum atomic E-state index is 13.1. The van der Waals surface area contributed by atoms with E-state index in [4.69, 9.17) is 9.05 Å². The fraction of sp³-hybridized carbons (Fsp3) is 0.908. The Kier molecular flexibility index (Phi) is 66.1. The van der Waals surface area contributed by atoms with Gasteiger partial charge in [0.05, 0.1) is 39.9 Å². The minimum Gasteiger partial charge on any atom is -0.387 e. The third kappa shape index (κ3) is 70.0. The van der Waals surface area contributed by atoms with Gasteiger partial charge in [-0.25, -0.2) is 4.57 Å². The van der Waals surface area contributed by atoms with Gasteiger partial charge >= 0.3 is 7.82 Å². The van der Waals surface area contributed by atoms with Gasteiger partial charge in [-0.3, -0.25) is 13.8 Å².